The van der Waals surface area contributed by atoms with Crippen LogP contribution in [-0.2, 0) is 9.59 Å². The van der Waals surface area contributed by atoms with E-state index < -0.39 is 12.0 Å². The highest BCUT2D eigenvalue weighted by molar-refractivity contribution is 5.86. The molecule has 1 aliphatic heterocycles. The molecule has 0 aliphatic carbocycles. The van der Waals surface area contributed by atoms with E-state index in [0.29, 0.717) is 18.7 Å². The molecule has 1 aromatic rings. The first kappa shape index (κ1) is 15.0. The molecule has 1 amide bonds. The van der Waals surface area contributed by atoms with Gasteiger partial charge in [-0.25, -0.2) is 0 Å². The predicted molar refractivity (Wildman–Crippen MR) is 75.3 cm³/mol. The van der Waals surface area contributed by atoms with Gasteiger partial charge in [-0.3, -0.25) is 14.5 Å². The molecule has 1 aliphatic rings. The van der Waals surface area contributed by atoms with Crippen molar-refractivity contribution >= 4 is 11.9 Å². The van der Waals surface area contributed by atoms with Crippen LogP contribution in [0.25, 0.3) is 0 Å². The summed E-state index contributed by atoms with van der Waals surface area (Å²) in [5.41, 5.74) is 1.53. The van der Waals surface area contributed by atoms with Crippen molar-refractivity contribution in [2.45, 2.75) is 25.4 Å². The molecule has 2 atom stereocenters. The normalized spacial score (nSPS) is 20.4. The lowest BCUT2D eigenvalue weighted by atomic mass is 10.0. The van der Waals surface area contributed by atoms with Crippen molar-refractivity contribution in [3.05, 3.63) is 35.4 Å². The molecule has 1 saturated heterocycles. The Morgan fingerprint density at radius 3 is 2.76 bits per heavy atom. The zero-order valence-corrected chi connectivity index (χ0v) is 11.7. The van der Waals surface area contributed by atoms with Crippen molar-refractivity contribution < 1.29 is 14.7 Å². The van der Waals surface area contributed by atoms with Crippen molar-refractivity contribution in [1.29, 1.82) is 5.26 Å². The van der Waals surface area contributed by atoms with E-state index in [2.05, 4.69) is 11.4 Å². The molecule has 0 spiro atoms. The summed E-state index contributed by atoms with van der Waals surface area (Å²) in [6.45, 7) is 3.05. The largest absolute Gasteiger partial charge is 0.481 e. The fraction of sp³-hybridized carbons (Fsp3) is 0.400. The number of benzene rings is 1. The van der Waals surface area contributed by atoms with Gasteiger partial charge >= 0.3 is 5.97 Å². The quantitative estimate of drug-likeness (QED) is 0.858. The van der Waals surface area contributed by atoms with Gasteiger partial charge in [0.1, 0.15) is 6.04 Å². The summed E-state index contributed by atoms with van der Waals surface area (Å²) in [6.07, 6.45) is -0.216. The predicted octanol–water partition coefficient (Wildman–Crippen LogP) is 0.894. The maximum Gasteiger partial charge on any atom is 0.305 e. The van der Waals surface area contributed by atoms with E-state index >= 15 is 0 Å². The molecule has 0 radical (unpaired) electrons. The Labute approximate surface area is 123 Å². The number of nitriles is 1. The minimum Gasteiger partial charge on any atom is -0.481 e. The first-order valence-corrected chi connectivity index (χ1v) is 6.78. The maximum atomic E-state index is 11.9. The fourth-order valence-electron chi connectivity index (χ4n) is 2.60. The molecule has 1 fully saturated rings. The van der Waals surface area contributed by atoms with Crippen LogP contribution < -0.4 is 5.32 Å². The number of nitrogens with one attached hydrogen (secondary N) is 1. The van der Waals surface area contributed by atoms with Gasteiger partial charge in [-0.2, -0.15) is 5.26 Å². The lowest BCUT2D eigenvalue weighted by Gasteiger charge is -2.38. The topological polar surface area (TPSA) is 93.4 Å². The Morgan fingerprint density at radius 1 is 1.52 bits per heavy atom. The monoisotopic (exact) mass is 287 g/mol. The van der Waals surface area contributed by atoms with Gasteiger partial charge in [-0.05, 0) is 24.6 Å². The molecular formula is C15H17N3O3. The van der Waals surface area contributed by atoms with Crippen LogP contribution in [0.1, 0.15) is 30.5 Å². The van der Waals surface area contributed by atoms with E-state index in [4.69, 9.17) is 10.4 Å². The number of aliphatic carboxylic acids is 1. The second kappa shape index (κ2) is 6.37. The SMILES string of the molecule is CC(c1ccc(C#N)cc1)N1CCNC(=O)C1CC(=O)O. The summed E-state index contributed by atoms with van der Waals surface area (Å²) < 4.78 is 0. The number of rotatable bonds is 4. The van der Waals surface area contributed by atoms with Gasteiger partial charge < -0.3 is 10.4 Å². The molecule has 0 aromatic heterocycles. The van der Waals surface area contributed by atoms with Gasteiger partial charge in [-0.1, -0.05) is 12.1 Å². The number of carboxylic acids is 1. The van der Waals surface area contributed by atoms with Gasteiger partial charge in [0, 0.05) is 19.1 Å². The second-order valence-electron chi connectivity index (χ2n) is 5.05. The zero-order valence-electron chi connectivity index (χ0n) is 11.7. The number of amides is 1. The number of hydrogen-bond donors (Lipinski definition) is 2. The average Bonchev–Trinajstić information content (AvgIpc) is 2.48. The van der Waals surface area contributed by atoms with Crippen LogP contribution in [0.5, 0.6) is 0 Å². The number of carbonyl (C=O) groups excluding carboxylic acids is 1. The molecule has 21 heavy (non-hydrogen) atoms. The molecule has 110 valence electrons. The maximum absolute atomic E-state index is 11.9. The third-order valence-electron chi connectivity index (χ3n) is 3.76. The molecule has 0 bridgehead atoms. The Morgan fingerprint density at radius 2 is 2.19 bits per heavy atom. The summed E-state index contributed by atoms with van der Waals surface area (Å²) in [5, 5.41) is 20.5. The van der Waals surface area contributed by atoms with Crippen molar-refractivity contribution in [2.75, 3.05) is 13.1 Å². The number of nitrogens with zero attached hydrogens (tertiary/aromatic N) is 2. The first-order valence-electron chi connectivity index (χ1n) is 6.78. The lowest BCUT2D eigenvalue weighted by Crippen LogP contribution is -2.56. The van der Waals surface area contributed by atoms with Crippen molar-refractivity contribution in [2.24, 2.45) is 0 Å². The molecule has 1 heterocycles. The molecular weight excluding hydrogens is 270 g/mol. The van der Waals surface area contributed by atoms with Gasteiger partial charge in [0.15, 0.2) is 0 Å². The van der Waals surface area contributed by atoms with Crippen molar-refractivity contribution in [3.8, 4) is 6.07 Å². The van der Waals surface area contributed by atoms with E-state index in [9.17, 15) is 9.59 Å². The van der Waals surface area contributed by atoms with Crippen molar-refractivity contribution in [1.82, 2.24) is 10.2 Å². The van der Waals surface area contributed by atoms with E-state index in [1.807, 2.05) is 24.0 Å². The highest BCUT2D eigenvalue weighted by Crippen LogP contribution is 2.25. The summed E-state index contributed by atoms with van der Waals surface area (Å²) in [6, 6.07) is 8.43. The highest BCUT2D eigenvalue weighted by atomic mass is 16.4. The van der Waals surface area contributed by atoms with Gasteiger partial charge in [0.05, 0.1) is 18.1 Å². The molecule has 2 rings (SSSR count). The lowest BCUT2D eigenvalue weighted by molar-refractivity contribution is -0.143. The van der Waals surface area contributed by atoms with E-state index in [1.165, 1.54) is 0 Å². The molecule has 6 heteroatoms. The first-order chi connectivity index (χ1) is 10.0. The van der Waals surface area contributed by atoms with Crippen LogP contribution in [0.2, 0.25) is 0 Å². The zero-order chi connectivity index (χ0) is 15.4. The molecule has 0 saturated carbocycles. The summed E-state index contributed by atoms with van der Waals surface area (Å²) in [7, 11) is 0. The Kier molecular flexibility index (Phi) is 4.55. The number of hydrogen-bond acceptors (Lipinski definition) is 4. The second-order valence-corrected chi connectivity index (χ2v) is 5.05. The van der Waals surface area contributed by atoms with E-state index in [1.54, 1.807) is 12.1 Å². The molecule has 2 N–H and O–H groups in total. The Balaban J connectivity index is 2.21. The van der Waals surface area contributed by atoms with Gasteiger partial charge in [-0.15, -0.1) is 0 Å². The van der Waals surface area contributed by atoms with Crippen molar-refractivity contribution in [3.63, 3.8) is 0 Å². The van der Waals surface area contributed by atoms with E-state index in [0.717, 1.165) is 5.56 Å². The van der Waals surface area contributed by atoms with Crippen LogP contribution in [-0.4, -0.2) is 41.0 Å². The number of carbonyl (C=O) groups is 2. The third-order valence-corrected chi connectivity index (χ3v) is 3.76. The van der Waals surface area contributed by atoms with Crippen LogP contribution in [0.15, 0.2) is 24.3 Å². The smallest absolute Gasteiger partial charge is 0.305 e. The van der Waals surface area contributed by atoms with Gasteiger partial charge in [0.2, 0.25) is 5.91 Å². The number of carboxylic acid groups (broad SMARTS) is 1. The molecule has 2 unspecified atom stereocenters. The Hall–Kier alpha value is -2.39. The van der Waals surface area contributed by atoms with E-state index in [-0.39, 0.29) is 18.4 Å². The number of piperazine rings is 1. The summed E-state index contributed by atoms with van der Waals surface area (Å²) in [5.74, 6) is -1.24. The van der Waals surface area contributed by atoms with Gasteiger partial charge in [0.25, 0.3) is 0 Å². The van der Waals surface area contributed by atoms with Crippen LogP contribution in [0, 0.1) is 11.3 Å². The summed E-state index contributed by atoms with van der Waals surface area (Å²) in [4.78, 5) is 24.8. The van der Waals surface area contributed by atoms with Crippen LogP contribution in [0.4, 0.5) is 0 Å². The van der Waals surface area contributed by atoms with Crippen LogP contribution in [0.3, 0.4) is 0 Å². The highest BCUT2D eigenvalue weighted by Gasteiger charge is 2.34. The van der Waals surface area contributed by atoms with Crippen LogP contribution >= 0.6 is 0 Å². The average molecular weight is 287 g/mol. The third kappa shape index (κ3) is 3.38. The molecule has 1 aromatic carbocycles. The molecule has 6 nitrogen and oxygen atoms in total. The fourth-order valence-corrected chi connectivity index (χ4v) is 2.60. The minimum absolute atomic E-state index is 0.0897. The minimum atomic E-state index is -0.992. The standard InChI is InChI=1S/C15H17N3O3/c1-10(12-4-2-11(9-16)3-5-12)18-7-6-17-15(21)13(18)8-14(19)20/h2-5,10,13H,6-8H2,1H3,(H,17,21)(H,19,20). The summed E-state index contributed by atoms with van der Waals surface area (Å²) >= 11 is 0. The Bertz CT molecular complexity index is 577.